The Morgan fingerprint density at radius 1 is 1.00 bits per heavy atom. The SMILES string of the molecule is CC(=O)N(c1ccccc1)c1cc(C(C)(C)C)ccc1C(=O)O. The van der Waals surface area contributed by atoms with Crippen LogP contribution in [0.2, 0.25) is 0 Å². The Morgan fingerprint density at radius 2 is 1.61 bits per heavy atom. The molecule has 2 aromatic carbocycles. The van der Waals surface area contributed by atoms with Crippen molar-refractivity contribution in [3.63, 3.8) is 0 Å². The van der Waals surface area contributed by atoms with E-state index >= 15 is 0 Å². The van der Waals surface area contributed by atoms with E-state index in [0.29, 0.717) is 11.4 Å². The van der Waals surface area contributed by atoms with Crippen LogP contribution in [0.1, 0.15) is 43.6 Å². The van der Waals surface area contributed by atoms with Crippen molar-refractivity contribution in [2.24, 2.45) is 0 Å². The molecule has 0 heterocycles. The van der Waals surface area contributed by atoms with E-state index in [1.807, 2.05) is 39.0 Å². The van der Waals surface area contributed by atoms with Crippen molar-refractivity contribution in [3.05, 3.63) is 59.7 Å². The number of hydrogen-bond donors (Lipinski definition) is 1. The molecule has 0 aliphatic carbocycles. The Balaban J connectivity index is 2.70. The smallest absolute Gasteiger partial charge is 0.337 e. The molecule has 0 spiro atoms. The lowest BCUT2D eigenvalue weighted by atomic mass is 9.86. The number of carboxylic acids is 1. The molecule has 0 fully saturated rings. The first-order chi connectivity index (χ1) is 10.7. The average Bonchev–Trinajstić information content (AvgIpc) is 2.47. The van der Waals surface area contributed by atoms with Crippen molar-refractivity contribution in [2.75, 3.05) is 4.90 Å². The summed E-state index contributed by atoms with van der Waals surface area (Å²) >= 11 is 0. The van der Waals surface area contributed by atoms with Crippen LogP contribution in [0.25, 0.3) is 0 Å². The van der Waals surface area contributed by atoms with E-state index in [1.54, 1.807) is 30.3 Å². The standard InChI is InChI=1S/C19H21NO3/c1-13(21)20(15-8-6-5-7-9-15)17-12-14(19(2,3)4)10-11-16(17)18(22)23/h5-12H,1-4H3,(H,22,23). The van der Waals surface area contributed by atoms with Gasteiger partial charge in [0.15, 0.2) is 0 Å². The minimum atomic E-state index is -1.05. The highest BCUT2D eigenvalue weighted by molar-refractivity contribution is 6.05. The lowest BCUT2D eigenvalue weighted by molar-refractivity contribution is -0.115. The van der Waals surface area contributed by atoms with Gasteiger partial charge >= 0.3 is 5.97 Å². The quantitative estimate of drug-likeness (QED) is 0.916. The van der Waals surface area contributed by atoms with E-state index in [2.05, 4.69) is 0 Å². The van der Waals surface area contributed by atoms with E-state index in [0.717, 1.165) is 5.56 Å². The van der Waals surface area contributed by atoms with Gasteiger partial charge in [0, 0.05) is 12.6 Å². The van der Waals surface area contributed by atoms with Gasteiger partial charge in [-0.2, -0.15) is 0 Å². The maximum atomic E-state index is 12.2. The summed E-state index contributed by atoms with van der Waals surface area (Å²) in [5.74, 6) is -1.28. The monoisotopic (exact) mass is 311 g/mol. The molecule has 0 saturated heterocycles. The third-order valence-corrected chi connectivity index (χ3v) is 3.66. The number of carbonyl (C=O) groups is 2. The third-order valence-electron chi connectivity index (χ3n) is 3.66. The molecule has 120 valence electrons. The van der Waals surface area contributed by atoms with Gasteiger partial charge in [-0.3, -0.25) is 9.69 Å². The van der Waals surface area contributed by atoms with Gasteiger partial charge in [0.25, 0.3) is 0 Å². The van der Waals surface area contributed by atoms with Crippen LogP contribution in [-0.4, -0.2) is 17.0 Å². The fraction of sp³-hybridized carbons (Fsp3) is 0.263. The van der Waals surface area contributed by atoms with Gasteiger partial charge in [-0.05, 0) is 35.2 Å². The van der Waals surface area contributed by atoms with Crippen LogP contribution >= 0.6 is 0 Å². The number of rotatable bonds is 3. The summed E-state index contributed by atoms with van der Waals surface area (Å²) in [4.78, 5) is 25.3. The van der Waals surface area contributed by atoms with Crippen molar-refractivity contribution in [1.82, 2.24) is 0 Å². The van der Waals surface area contributed by atoms with E-state index in [-0.39, 0.29) is 16.9 Å². The number of carbonyl (C=O) groups excluding carboxylic acids is 1. The van der Waals surface area contributed by atoms with Crippen LogP contribution in [0.5, 0.6) is 0 Å². The number of amides is 1. The second-order valence-corrected chi connectivity index (χ2v) is 6.48. The predicted molar refractivity (Wildman–Crippen MR) is 91.4 cm³/mol. The normalized spacial score (nSPS) is 11.1. The summed E-state index contributed by atoms with van der Waals surface area (Å²) < 4.78 is 0. The largest absolute Gasteiger partial charge is 0.478 e. The average molecular weight is 311 g/mol. The molecule has 0 aliphatic heterocycles. The molecule has 0 bridgehead atoms. The molecular weight excluding hydrogens is 290 g/mol. The number of para-hydroxylation sites is 1. The Labute approximate surface area is 136 Å². The molecule has 4 nitrogen and oxygen atoms in total. The third kappa shape index (κ3) is 3.59. The minimum Gasteiger partial charge on any atom is -0.478 e. The molecule has 2 rings (SSSR count). The topological polar surface area (TPSA) is 57.6 Å². The maximum absolute atomic E-state index is 12.2. The zero-order valence-electron chi connectivity index (χ0n) is 13.8. The molecular formula is C19H21NO3. The number of hydrogen-bond acceptors (Lipinski definition) is 2. The fourth-order valence-electron chi connectivity index (χ4n) is 2.43. The Hall–Kier alpha value is -2.62. The number of nitrogens with zero attached hydrogens (tertiary/aromatic N) is 1. The summed E-state index contributed by atoms with van der Waals surface area (Å²) in [5, 5.41) is 9.50. The molecule has 1 N–H and O–H groups in total. The van der Waals surface area contributed by atoms with Crippen molar-refractivity contribution >= 4 is 23.3 Å². The number of carboxylic acid groups (broad SMARTS) is 1. The molecule has 4 heteroatoms. The number of benzene rings is 2. The van der Waals surface area contributed by atoms with E-state index in [9.17, 15) is 14.7 Å². The van der Waals surface area contributed by atoms with Gasteiger partial charge in [-0.1, -0.05) is 45.0 Å². The zero-order valence-corrected chi connectivity index (χ0v) is 13.8. The first-order valence-electron chi connectivity index (χ1n) is 7.45. The zero-order chi connectivity index (χ0) is 17.2. The summed E-state index contributed by atoms with van der Waals surface area (Å²) in [5.41, 5.74) is 1.97. The van der Waals surface area contributed by atoms with Crippen LogP contribution in [-0.2, 0) is 10.2 Å². The second-order valence-electron chi connectivity index (χ2n) is 6.48. The lowest BCUT2D eigenvalue weighted by Gasteiger charge is -2.26. The molecule has 0 aliphatic rings. The molecule has 2 aromatic rings. The molecule has 0 aromatic heterocycles. The molecule has 0 saturated carbocycles. The summed E-state index contributed by atoms with van der Waals surface area (Å²) in [7, 11) is 0. The van der Waals surface area contributed by atoms with Crippen molar-refractivity contribution in [3.8, 4) is 0 Å². The van der Waals surface area contributed by atoms with Crippen molar-refractivity contribution in [1.29, 1.82) is 0 Å². The summed E-state index contributed by atoms with van der Waals surface area (Å²) in [6, 6.07) is 14.2. The Bertz CT molecular complexity index is 730. The van der Waals surface area contributed by atoms with Crippen LogP contribution < -0.4 is 4.90 Å². The first-order valence-corrected chi connectivity index (χ1v) is 7.45. The van der Waals surface area contributed by atoms with Crippen molar-refractivity contribution in [2.45, 2.75) is 33.1 Å². The fourth-order valence-corrected chi connectivity index (χ4v) is 2.43. The Morgan fingerprint density at radius 3 is 2.09 bits per heavy atom. The molecule has 23 heavy (non-hydrogen) atoms. The van der Waals surface area contributed by atoms with Gasteiger partial charge in [-0.25, -0.2) is 4.79 Å². The highest BCUT2D eigenvalue weighted by Crippen LogP contribution is 2.33. The first kappa shape index (κ1) is 16.7. The van der Waals surface area contributed by atoms with Gasteiger partial charge < -0.3 is 5.11 Å². The Kier molecular flexibility index (Phi) is 4.55. The number of anilines is 2. The summed E-state index contributed by atoms with van der Waals surface area (Å²) in [6.07, 6.45) is 0. The van der Waals surface area contributed by atoms with Crippen LogP contribution in [0.3, 0.4) is 0 Å². The van der Waals surface area contributed by atoms with E-state index in [4.69, 9.17) is 0 Å². The van der Waals surface area contributed by atoms with Crippen LogP contribution in [0.15, 0.2) is 48.5 Å². The van der Waals surface area contributed by atoms with Gasteiger partial charge in [0.1, 0.15) is 0 Å². The minimum absolute atomic E-state index is 0.108. The number of aromatic carboxylic acids is 1. The summed E-state index contributed by atoms with van der Waals surface area (Å²) in [6.45, 7) is 7.58. The predicted octanol–water partition coefficient (Wildman–Crippen LogP) is 4.37. The van der Waals surface area contributed by atoms with Crippen LogP contribution in [0.4, 0.5) is 11.4 Å². The van der Waals surface area contributed by atoms with Crippen molar-refractivity contribution < 1.29 is 14.7 Å². The van der Waals surface area contributed by atoms with Gasteiger partial charge in [0.2, 0.25) is 5.91 Å². The molecule has 0 unspecified atom stereocenters. The van der Waals surface area contributed by atoms with Crippen LogP contribution in [0, 0.1) is 0 Å². The highest BCUT2D eigenvalue weighted by atomic mass is 16.4. The van der Waals surface area contributed by atoms with Gasteiger partial charge in [-0.15, -0.1) is 0 Å². The maximum Gasteiger partial charge on any atom is 0.337 e. The molecule has 0 radical (unpaired) electrons. The molecule has 1 amide bonds. The lowest BCUT2D eigenvalue weighted by Crippen LogP contribution is -2.25. The van der Waals surface area contributed by atoms with E-state index in [1.165, 1.54) is 11.8 Å². The molecule has 0 atom stereocenters. The van der Waals surface area contributed by atoms with E-state index < -0.39 is 5.97 Å². The van der Waals surface area contributed by atoms with Gasteiger partial charge in [0.05, 0.1) is 11.3 Å². The highest BCUT2D eigenvalue weighted by Gasteiger charge is 2.24. The second kappa shape index (κ2) is 6.24.